The van der Waals surface area contributed by atoms with Crippen LogP contribution in [0, 0.1) is 12.7 Å². The van der Waals surface area contributed by atoms with Gasteiger partial charge in [0, 0.05) is 11.8 Å². The number of ether oxygens (including phenoxy) is 1. The monoisotopic (exact) mass is 394 g/mol. The van der Waals surface area contributed by atoms with Crippen LogP contribution in [0.15, 0.2) is 54.9 Å². The molecule has 2 aromatic carbocycles. The summed E-state index contributed by atoms with van der Waals surface area (Å²) in [4.78, 5) is 25.4. The van der Waals surface area contributed by atoms with Gasteiger partial charge in [-0.15, -0.1) is 0 Å². The van der Waals surface area contributed by atoms with Gasteiger partial charge in [0.1, 0.15) is 11.6 Å². The second-order valence-electron chi connectivity index (χ2n) is 7.06. The van der Waals surface area contributed by atoms with Gasteiger partial charge in [-0.3, -0.25) is 14.3 Å². The Morgan fingerprint density at radius 2 is 2.10 bits per heavy atom. The molecule has 3 aromatic rings. The van der Waals surface area contributed by atoms with Crippen LogP contribution in [0.3, 0.4) is 0 Å². The van der Waals surface area contributed by atoms with Crippen molar-refractivity contribution >= 4 is 23.2 Å². The average Bonchev–Trinajstić information content (AvgIpc) is 3.12. The average molecular weight is 394 g/mol. The summed E-state index contributed by atoms with van der Waals surface area (Å²) in [6.45, 7) is 3.51. The van der Waals surface area contributed by atoms with Crippen LogP contribution in [-0.4, -0.2) is 27.2 Å². The number of nitrogens with one attached hydrogen (secondary N) is 2. The van der Waals surface area contributed by atoms with Gasteiger partial charge in [0.15, 0.2) is 0 Å². The van der Waals surface area contributed by atoms with E-state index in [0.717, 1.165) is 5.56 Å². The molecule has 1 aromatic heterocycles. The molecule has 148 valence electrons. The van der Waals surface area contributed by atoms with Crippen molar-refractivity contribution in [3.8, 4) is 5.75 Å². The summed E-state index contributed by atoms with van der Waals surface area (Å²) >= 11 is 0. The lowest BCUT2D eigenvalue weighted by Crippen LogP contribution is -2.56. The predicted molar refractivity (Wildman–Crippen MR) is 105 cm³/mol. The minimum absolute atomic E-state index is 0.212. The number of benzene rings is 2. The molecular weight excluding hydrogens is 375 g/mol. The molecule has 0 saturated heterocycles. The van der Waals surface area contributed by atoms with E-state index in [-0.39, 0.29) is 12.4 Å². The number of aromatic nitrogens is 2. The number of halogens is 1. The van der Waals surface area contributed by atoms with Crippen molar-refractivity contribution in [1.29, 1.82) is 0 Å². The van der Waals surface area contributed by atoms with Crippen molar-refractivity contribution in [2.75, 3.05) is 10.6 Å². The lowest BCUT2D eigenvalue weighted by molar-refractivity contribution is -0.143. The molecule has 2 N–H and O–H groups in total. The molecule has 29 heavy (non-hydrogen) atoms. The highest BCUT2D eigenvalue weighted by molar-refractivity contribution is 6.18. The first-order chi connectivity index (χ1) is 13.8. The standard InChI is InChI=1S/C21H19FN4O3/c1-13-7-8-18-17(9-13)25-20(28)21(2,29-18)19(27)24-15-10-23-26(12-15)11-14-5-3-4-6-16(14)22/h3-10,12H,11H2,1-2H3,(H,24,27)(H,25,28). The quantitative estimate of drug-likeness (QED) is 0.666. The number of rotatable bonds is 4. The Morgan fingerprint density at radius 1 is 1.31 bits per heavy atom. The molecule has 8 heteroatoms. The summed E-state index contributed by atoms with van der Waals surface area (Å²) in [6, 6.07) is 11.7. The van der Waals surface area contributed by atoms with Crippen LogP contribution < -0.4 is 15.4 Å². The van der Waals surface area contributed by atoms with Crippen molar-refractivity contribution in [1.82, 2.24) is 9.78 Å². The van der Waals surface area contributed by atoms with Crippen molar-refractivity contribution < 1.29 is 18.7 Å². The van der Waals surface area contributed by atoms with E-state index in [4.69, 9.17) is 4.74 Å². The maximum absolute atomic E-state index is 13.8. The molecule has 4 rings (SSSR count). The molecule has 0 aliphatic carbocycles. The molecular formula is C21H19FN4O3. The van der Waals surface area contributed by atoms with Gasteiger partial charge in [0.2, 0.25) is 0 Å². The fourth-order valence-corrected chi connectivity index (χ4v) is 3.05. The van der Waals surface area contributed by atoms with Crippen molar-refractivity contribution in [3.63, 3.8) is 0 Å². The van der Waals surface area contributed by atoms with Crippen LogP contribution in [0.2, 0.25) is 0 Å². The zero-order valence-corrected chi connectivity index (χ0v) is 15.9. The van der Waals surface area contributed by atoms with E-state index in [1.807, 2.05) is 13.0 Å². The number of hydrogen-bond acceptors (Lipinski definition) is 4. The zero-order chi connectivity index (χ0) is 20.6. The SMILES string of the molecule is Cc1ccc2c(c1)NC(=O)C(C)(C(=O)Nc1cnn(Cc3ccccc3F)c1)O2. The molecule has 0 saturated carbocycles. The fraction of sp³-hybridized carbons (Fsp3) is 0.190. The number of carbonyl (C=O) groups excluding carboxylic acids is 2. The summed E-state index contributed by atoms with van der Waals surface area (Å²) < 4.78 is 21.0. The topological polar surface area (TPSA) is 85.3 Å². The maximum atomic E-state index is 13.8. The Bertz CT molecular complexity index is 1110. The van der Waals surface area contributed by atoms with Crippen molar-refractivity contribution in [3.05, 3.63) is 71.8 Å². The number of carbonyl (C=O) groups is 2. The first-order valence-corrected chi connectivity index (χ1v) is 9.03. The first-order valence-electron chi connectivity index (χ1n) is 9.03. The van der Waals surface area contributed by atoms with Gasteiger partial charge in [-0.1, -0.05) is 24.3 Å². The molecule has 1 aliphatic rings. The van der Waals surface area contributed by atoms with Crippen LogP contribution in [0.5, 0.6) is 5.75 Å². The number of hydrogen-bond donors (Lipinski definition) is 2. The molecule has 2 heterocycles. The summed E-state index contributed by atoms with van der Waals surface area (Å²) in [6.07, 6.45) is 2.99. The van der Waals surface area contributed by atoms with Crippen LogP contribution >= 0.6 is 0 Å². The minimum atomic E-state index is -1.74. The van der Waals surface area contributed by atoms with Gasteiger partial charge >= 0.3 is 0 Å². The summed E-state index contributed by atoms with van der Waals surface area (Å²) in [7, 11) is 0. The second-order valence-corrected chi connectivity index (χ2v) is 7.06. The van der Waals surface area contributed by atoms with Crippen LogP contribution in [-0.2, 0) is 16.1 Å². The van der Waals surface area contributed by atoms with Crippen molar-refractivity contribution in [2.24, 2.45) is 0 Å². The largest absolute Gasteiger partial charge is 0.466 e. The second kappa shape index (κ2) is 7.05. The van der Waals surface area contributed by atoms with Gasteiger partial charge in [-0.05, 0) is 37.6 Å². The van der Waals surface area contributed by atoms with Gasteiger partial charge in [0.25, 0.3) is 17.4 Å². The van der Waals surface area contributed by atoms with Crippen LogP contribution in [0.4, 0.5) is 15.8 Å². The molecule has 7 nitrogen and oxygen atoms in total. The molecule has 1 aliphatic heterocycles. The Kier molecular flexibility index (Phi) is 4.54. The Morgan fingerprint density at radius 3 is 2.90 bits per heavy atom. The van der Waals surface area contributed by atoms with Gasteiger partial charge in [-0.2, -0.15) is 5.10 Å². The highest BCUT2D eigenvalue weighted by atomic mass is 19.1. The predicted octanol–water partition coefficient (Wildman–Crippen LogP) is 3.11. The van der Waals surface area contributed by atoms with Gasteiger partial charge in [-0.25, -0.2) is 4.39 Å². The highest BCUT2D eigenvalue weighted by Crippen LogP contribution is 2.34. The summed E-state index contributed by atoms with van der Waals surface area (Å²) in [5.41, 5.74) is 0.595. The number of fused-ring (bicyclic) bond motifs is 1. The third-order valence-electron chi connectivity index (χ3n) is 4.75. The number of aryl methyl sites for hydroxylation is 1. The normalized spacial score (nSPS) is 17.8. The molecule has 1 unspecified atom stereocenters. The minimum Gasteiger partial charge on any atom is -0.466 e. The molecule has 0 fully saturated rings. The van der Waals surface area contributed by atoms with Crippen molar-refractivity contribution in [2.45, 2.75) is 26.0 Å². The molecule has 0 radical (unpaired) electrons. The van der Waals surface area contributed by atoms with E-state index in [9.17, 15) is 14.0 Å². The van der Waals surface area contributed by atoms with Gasteiger partial charge in [0.05, 0.1) is 24.1 Å². The third-order valence-corrected chi connectivity index (χ3v) is 4.75. The van der Waals surface area contributed by atoms with E-state index in [2.05, 4.69) is 15.7 Å². The van der Waals surface area contributed by atoms with E-state index >= 15 is 0 Å². The number of nitrogens with zero attached hydrogens (tertiary/aromatic N) is 2. The molecule has 2 amide bonds. The zero-order valence-electron chi connectivity index (χ0n) is 15.9. The highest BCUT2D eigenvalue weighted by Gasteiger charge is 2.47. The summed E-state index contributed by atoms with van der Waals surface area (Å²) in [5.74, 6) is -1.11. The Hall–Kier alpha value is -3.68. The van der Waals surface area contributed by atoms with Crippen LogP contribution in [0.1, 0.15) is 18.1 Å². The maximum Gasteiger partial charge on any atom is 0.278 e. The van der Waals surface area contributed by atoms with Gasteiger partial charge < -0.3 is 15.4 Å². The number of anilines is 2. The summed E-state index contributed by atoms with van der Waals surface area (Å²) in [5, 5.41) is 9.49. The third kappa shape index (κ3) is 3.56. The van der Waals surface area contributed by atoms with E-state index in [0.29, 0.717) is 22.7 Å². The smallest absolute Gasteiger partial charge is 0.278 e. The Balaban J connectivity index is 1.49. The molecule has 1 atom stereocenters. The Labute approximate surface area is 166 Å². The lowest BCUT2D eigenvalue weighted by Gasteiger charge is -2.33. The van der Waals surface area contributed by atoms with E-state index in [1.165, 1.54) is 23.9 Å². The first kappa shape index (κ1) is 18.7. The molecule has 0 bridgehead atoms. The fourth-order valence-electron chi connectivity index (χ4n) is 3.05. The van der Waals surface area contributed by atoms with E-state index < -0.39 is 17.4 Å². The van der Waals surface area contributed by atoms with Crippen LogP contribution in [0.25, 0.3) is 0 Å². The van der Waals surface area contributed by atoms with E-state index in [1.54, 1.807) is 36.5 Å². The molecule has 0 spiro atoms. The lowest BCUT2D eigenvalue weighted by atomic mass is 10.0. The number of amides is 2.